The Hall–Kier alpha value is -4.25. The molecule has 0 spiro atoms. The lowest BCUT2D eigenvalue weighted by Gasteiger charge is -2.33. The molecule has 17 heteroatoms. The fraction of sp³-hybridized carbons (Fsp3) is 0.643. The Labute approximate surface area is 341 Å². The van der Waals surface area contributed by atoms with E-state index < -0.39 is 105 Å². The van der Waals surface area contributed by atoms with Crippen LogP contribution < -0.4 is 14.2 Å². The van der Waals surface area contributed by atoms with Gasteiger partial charge in [-0.05, 0) is 96.9 Å². The maximum atomic E-state index is 14.8. The maximum absolute atomic E-state index is 14.8. The first kappa shape index (κ1) is 42.9. The van der Waals surface area contributed by atoms with Gasteiger partial charge in [0.1, 0.15) is 6.10 Å². The monoisotopic (exact) mass is 847 g/mol. The van der Waals surface area contributed by atoms with E-state index >= 15 is 0 Å². The number of hydrogen-bond donors (Lipinski definition) is 1. The van der Waals surface area contributed by atoms with Crippen LogP contribution in [0.1, 0.15) is 98.0 Å². The number of carbonyl (C=O) groups excluding carboxylic acids is 4. The van der Waals surface area contributed by atoms with Crippen molar-refractivity contribution in [2.75, 3.05) is 13.2 Å². The van der Waals surface area contributed by atoms with Crippen LogP contribution in [0.3, 0.4) is 0 Å². The number of alkyl halides is 3. The van der Waals surface area contributed by atoms with Crippen LogP contribution in [0, 0.1) is 17.3 Å². The zero-order chi connectivity index (χ0) is 42.7. The van der Waals surface area contributed by atoms with E-state index in [9.17, 15) is 40.8 Å². The Kier molecular flexibility index (Phi) is 11.4. The van der Waals surface area contributed by atoms with Crippen LogP contribution in [-0.4, -0.2) is 95.9 Å². The third-order valence-electron chi connectivity index (χ3n) is 12.7. The van der Waals surface area contributed by atoms with Crippen molar-refractivity contribution in [2.45, 2.75) is 140 Å². The van der Waals surface area contributed by atoms with E-state index in [1.165, 1.54) is 4.90 Å². The number of hydrogen-bond acceptors (Lipinski definition) is 11. The van der Waals surface area contributed by atoms with E-state index in [1.807, 2.05) is 36.4 Å². The second-order valence-corrected chi connectivity index (χ2v) is 19.8. The molecule has 2 aliphatic carbocycles. The van der Waals surface area contributed by atoms with Gasteiger partial charge < -0.3 is 23.8 Å². The molecule has 0 bridgehead atoms. The van der Waals surface area contributed by atoms with Crippen molar-refractivity contribution in [1.82, 2.24) is 14.6 Å². The number of ketones is 1. The van der Waals surface area contributed by atoms with Crippen LogP contribution in [0.25, 0.3) is 10.8 Å². The smallest absolute Gasteiger partial charge is 0.427 e. The number of nitrogens with one attached hydrogen (secondary N) is 1. The number of Topliss-reactive ketones (excluding diaryl/α,β-unsaturated/α-hetero) is 1. The number of halogens is 3. The average molecular weight is 848 g/mol. The Bertz CT molecular complexity index is 2160. The normalized spacial score (nSPS) is 30.4. The molecule has 2 saturated carbocycles. The summed E-state index contributed by atoms with van der Waals surface area (Å²) in [5.74, 6) is -4.55. The number of allylic oxidation sites excluding steroid dienone is 2. The molecule has 0 unspecified atom stereocenters. The van der Waals surface area contributed by atoms with E-state index in [4.69, 9.17) is 23.9 Å². The summed E-state index contributed by atoms with van der Waals surface area (Å²) in [6.45, 7) is 6.59. The highest BCUT2D eigenvalue weighted by Crippen LogP contribution is 2.58. The second kappa shape index (κ2) is 15.7. The molecule has 7 rings (SSSR count). The van der Waals surface area contributed by atoms with Crippen LogP contribution >= 0.6 is 0 Å². The Morgan fingerprint density at radius 3 is 2.51 bits per heavy atom. The number of sulfonamides is 1. The first-order chi connectivity index (χ1) is 27.6. The highest BCUT2D eigenvalue weighted by Gasteiger charge is 2.63. The van der Waals surface area contributed by atoms with Crippen molar-refractivity contribution in [1.29, 1.82) is 0 Å². The van der Waals surface area contributed by atoms with E-state index in [0.29, 0.717) is 57.4 Å². The first-order valence-corrected chi connectivity index (χ1v) is 21.8. The molecular weight excluding hydrogens is 796 g/mol. The lowest BCUT2D eigenvalue weighted by atomic mass is 9.90. The van der Waals surface area contributed by atoms with E-state index in [1.54, 1.807) is 20.8 Å². The summed E-state index contributed by atoms with van der Waals surface area (Å²) >= 11 is 0. The molecule has 1 N–H and O–H groups in total. The molecule has 3 aliphatic heterocycles. The third-order valence-corrected chi connectivity index (χ3v) is 14.9. The fourth-order valence-corrected chi connectivity index (χ4v) is 9.76. The van der Waals surface area contributed by atoms with Gasteiger partial charge in [0, 0.05) is 23.8 Å². The Morgan fingerprint density at radius 2 is 1.81 bits per heavy atom. The number of aromatic nitrogens is 1. The molecule has 7 atom stereocenters. The molecular formula is C42H52F3N3O10S. The number of carbonyl (C=O) groups is 4. The van der Waals surface area contributed by atoms with Crippen molar-refractivity contribution < 1.29 is 59.7 Å². The summed E-state index contributed by atoms with van der Waals surface area (Å²) in [4.78, 5) is 62.7. The van der Waals surface area contributed by atoms with Crippen molar-refractivity contribution in [2.24, 2.45) is 17.3 Å². The topological polar surface area (TPSA) is 167 Å². The van der Waals surface area contributed by atoms with Crippen LogP contribution in [0.2, 0.25) is 0 Å². The quantitative estimate of drug-likeness (QED) is 0.248. The molecule has 322 valence electrons. The number of amides is 2. The van der Waals surface area contributed by atoms with Crippen molar-refractivity contribution in [3.05, 3.63) is 42.0 Å². The van der Waals surface area contributed by atoms with Gasteiger partial charge in [0.15, 0.2) is 5.78 Å². The zero-order valence-electron chi connectivity index (χ0n) is 33.9. The van der Waals surface area contributed by atoms with Gasteiger partial charge in [-0.15, -0.1) is 0 Å². The van der Waals surface area contributed by atoms with Gasteiger partial charge in [-0.25, -0.2) is 8.42 Å². The SMILES string of the molecule is C[C@@H]1CC/C=C\[C@@H]2C[C@@]2(C(=O)NS(=O)(=O)C2(C)CC2)CC(=O)[C@@H]2C[C@@H](Oc3nc4c(c5ccccc35)CCCO4)CN2C(=O)[C@@H](CC(=O)OC(C)(C)C(F)(F)F)[C@H](C)O1. The van der Waals surface area contributed by atoms with Gasteiger partial charge in [-0.2, -0.15) is 18.2 Å². The minimum absolute atomic E-state index is 0.0585. The van der Waals surface area contributed by atoms with Gasteiger partial charge in [0.2, 0.25) is 39.2 Å². The summed E-state index contributed by atoms with van der Waals surface area (Å²) in [6, 6.07) is 6.28. The minimum atomic E-state index is -4.89. The van der Waals surface area contributed by atoms with Crippen LogP contribution in [0.5, 0.6) is 11.8 Å². The predicted octanol–water partition coefficient (Wildman–Crippen LogP) is 5.91. The van der Waals surface area contributed by atoms with Crippen molar-refractivity contribution in [3.63, 3.8) is 0 Å². The fourth-order valence-electron chi connectivity index (χ4n) is 8.43. The Morgan fingerprint density at radius 1 is 1.10 bits per heavy atom. The van der Waals surface area contributed by atoms with Gasteiger partial charge >= 0.3 is 12.1 Å². The lowest BCUT2D eigenvalue weighted by Crippen LogP contribution is -2.49. The molecule has 1 aromatic carbocycles. The highest BCUT2D eigenvalue weighted by atomic mass is 32.2. The number of pyridine rings is 1. The number of rotatable bonds is 8. The van der Waals surface area contributed by atoms with E-state index in [-0.39, 0.29) is 25.3 Å². The summed E-state index contributed by atoms with van der Waals surface area (Å²) in [5.41, 5.74) is -3.32. The summed E-state index contributed by atoms with van der Waals surface area (Å²) < 4.78 is 92.5. The van der Waals surface area contributed by atoms with E-state index in [0.717, 1.165) is 23.8 Å². The molecule has 13 nitrogen and oxygen atoms in total. The van der Waals surface area contributed by atoms with Crippen LogP contribution in [-0.2, 0) is 45.1 Å². The van der Waals surface area contributed by atoms with Crippen LogP contribution in [0.15, 0.2) is 36.4 Å². The van der Waals surface area contributed by atoms with Gasteiger partial charge in [0.25, 0.3) is 0 Å². The van der Waals surface area contributed by atoms with Gasteiger partial charge in [-0.3, -0.25) is 23.9 Å². The average Bonchev–Trinajstić information content (AvgIpc) is 4.04. The number of aryl methyl sites for hydroxylation is 1. The Balaban J connectivity index is 1.24. The number of nitrogens with zero attached hydrogens (tertiary/aromatic N) is 2. The molecule has 2 aromatic rings. The van der Waals surface area contributed by atoms with Crippen molar-refractivity contribution >= 4 is 44.4 Å². The first-order valence-electron chi connectivity index (χ1n) is 20.4. The van der Waals surface area contributed by atoms with Gasteiger partial charge in [0.05, 0.1) is 53.9 Å². The lowest BCUT2D eigenvalue weighted by molar-refractivity contribution is -0.257. The molecule has 3 fully saturated rings. The van der Waals surface area contributed by atoms with Crippen LogP contribution in [0.4, 0.5) is 13.2 Å². The van der Waals surface area contributed by atoms with E-state index in [2.05, 4.69) is 4.72 Å². The number of fused-ring (bicyclic) bond motifs is 5. The molecule has 4 heterocycles. The molecule has 1 aromatic heterocycles. The number of ether oxygens (including phenoxy) is 4. The zero-order valence-corrected chi connectivity index (χ0v) is 34.7. The van der Waals surface area contributed by atoms with Gasteiger partial charge in [-0.1, -0.05) is 30.4 Å². The third kappa shape index (κ3) is 8.55. The molecule has 1 saturated heterocycles. The number of esters is 1. The molecule has 5 aliphatic rings. The second-order valence-electron chi connectivity index (χ2n) is 17.6. The molecule has 0 radical (unpaired) electrons. The maximum Gasteiger partial charge on any atom is 0.427 e. The number of benzene rings is 1. The predicted molar refractivity (Wildman–Crippen MR) is 208 cm³/mol. The molecule has 59 heavy (non-hydrogen) atoms. The summed E-state index contributed by atoms with van der Waals surface area (Å²) in [5, 5.41) is 1.57. The minimum Gasteiger partial charge on any atom is -0.477 e. The van der Waals surface area contributed by atoms with Crippen molar-refractivity contribution in [3.8, 4) is 11.8 Å². The standard InChI is InChI=1S/C42H52F3N3O10S/c1-24-11-6-7-12-26-21-41(26,38(52)47-59(53,54)40(5)16-17-40)22-33(49)32-19-27(57-36-30-14-9-8-13-28(30)29-15-10-18-55-35(29)46-36)23-48(32)37(51)31(25(2)56-24)20-34(50)58-39(3,4)42(43,44)45/h7-9,12-14,24-27,31-32H,6,10-11,15-23H2,1-5H3,(H,47,52)/b12-7-/t24-,25+,26-,27-,31+,32+,41-/m1/s1. The molecule has 2 amide bonds. The summed E-state index contributed by atoms with van der Waals surface area (Å²) in [6.07, 6.45) is -1.34. The summed E-state index contributed by atoms with van der Waals surface area (Å²) in [7, 11) is -4.05. The largest absolute Gasteiger partial charge is 0.477 e. The highest BCUT2D eigenvalue weighted by molar-refractivity contribution is 7.91.